The molecule has 1 saturated heterocycles. The highest BCUT2D eigenvalue weighted by Crippen LogP contribution is 2.09. The van der Waals surface area contributed by atoms with Gasteiger partial charge in [-0.15, -0.1) is 0 Å². The molecule has 2 atom stereocenters. The number of hydrogen-bond donors (Lipinski definition) is 1. The molecule has 1 aromatic rings. The van der Waals surface area contributed by atoms with Gasteiger partial charge < -0.3 is 19.5 Å². The summed E-state index contributed by atoms with van der Waals surface area (Å²) in [7, 11) is 1.29. The molecular weight excluding hydrogens is 250 g/mol. The van der Waals surface area contributed by atoms with Crippen LogP contribution >= 0.6 is 0 Å². The number of nitrogens with one attached hydrogen (secondary N) is 1. The molecule has 0 aliphatic carbocycles. The van der Waals surface area contributed by atoms with Gasteiger partial charge in [0.2, 0.25) is 5.88 Å². The minimum Gasteiger partial charge on any atom is -0.474 e. The predicted molar refractivity (Wildman–Crippen MR) is 66.1 cm³/mol. The SMILES string of the molecule is COC(=O)c1cncc(OCC2CNCC(C)O2)n1. The first-order valence-electron chi connectivity index (χ1n) is 6.08. The van der Waals surface area contributed by atoms with Crippen molar-refractivity contribution in [3.63, 3.8) is 0 Å². The predicted octanol–water partition coefficient (Wildman–Crippen LogP) is 0.0189. The molecule has 7 nitrogen and oxygen atoms in total. The second kappa shape index (κ2) is 6.44. The van der Waals surface area contributed by atoms with E-state index >= 15 is 0 Å². The van der Waals surface area contributed by atoms with Crippen LogP contribution in [0.1, 0.15) is 17.4 Å². The van der Waals surface area contributed by atoms with E-state index in [1.165, 1.54) is 19.5 Å². The number of esters is 1. The van der Waals surface area contributed by atoms with Crippen molar-refractivity contribution in [1.82, 2.24) is 15.3 Å². The smallest absolute Gasteiger partial charge is 0.358 e. The van der Waals surface area contributed by atoms with Gasteiger partial charge in [0, 0.05) is 13.1 Å². The van der Waals surface area contributed by atoms with Crippen LogP contribution in [0.4, 0.5) is 0 Å². The Kier molecular flexibility index (Phi) is 4.64. The normalized spacial score (nSPS) is 22.8. The summed E-state index contributed by atoms with van der Waals surface area (Å²) in [4.78, 5) is 19.2. The van der Waals surface area contributed by atoms with Crippen LogP contribution in [0.25, 0.3) is 0 Å². The van der Waals surface area contributed by atoms with Gasteiger partial charge in [0.25, 0.3) is 0 Å². The molecule has 1 aromatic heterocycles. The van der Waals surface area contributed by atoms with E-state index in [0.717, 1.165) is 13.1 Å². The lowest BCUT2D eigenvalue weighted by Crippen LogP contribution is -2.45. The van der Waals surface area contributed by atoms with Crippen molar-refractivity contribution in [2.75, 3.05) is 26.8 Å². The Morgan fingerprint density at radius 1 is 1.53 bits per heavy atom. The number of morpholine rings is 1. The van der Waals surface area contributed by atoms with Crippen LogP contribution in [0, 0.1) is 0 Å². The van der Waals surface area contributed by atoms with Gasteiger partial charge in [0.05, 0.1) is 25.6 Å². The number of ether oxygens (including phenoxy) is 3. The van der Waals surface area contributed by atoms with Crippen LogP contribution in [-0.4, -0.2) is 55.0 Å². The van der Waals surface area contributed by atoms with Gasteiger partial charge in [-0.25, -0.2) is 9.78 Å². The minimum atomic E-state index is -0.540. The van der Waals surface area contributed by atoms with Gasteiger partial charge in [0.15, 0.2) is 5.69 Å². The summed E-state index contributed by atoms with van der Waals surface area (Å²) in [5, 5.41) is 3.24. The molecule has 19 heavy (non-hydrogen) atoms. The fraction of sp³-hybridized carbons (Fsp3) is 0.583. The number of hydrogen-bond acceptors (Lipinski definition) is 7. The maximum atomic E-state index is 11.3. The second-order valence-corrected chi connectivity index (χ2v) is 4.27. The molecule has 1 fully saturated rings. The Morgan fingerprint density at radius 3 is 3.11 bits per heavy atom. The van der Waals surface area contributed by atoms with Crippen molar-refractivity contribution in [2.45, 2.75) is 19.1 Å². The molecule has 7 heteroatoms. The molecule has 0 saturated carbocycles. The van der Waals surface area contributed by atoms with E-state index in [4.69, 9.17) is 9.47 Å². The topological polar surface area (TPSA) is 82.6 Å². The summed E-state index contributed by atoms with van der Waals surface area (Å²) >= 11 is 0. The standard InChI is InChI=1S/C12H17N3O4/c1-8-3-13-4-9(19-8)7-18-11-6-14-5-10(15-11)12(16)17-2/h5-6,8-9,13H,3-4,7H2,1-2H3. The molecule has 2 heterocycles. The molecular formula is C12H17N3O4. The Balaban J connectivity index is 1.90. The van der Waals surface area contributed by atoms with Crippen LogP contribution in [0.3, 0.4) is 0 Å². The van der Waals surface area contributed by atoms with Gasteiger partial charge in [-0.1, -0.05) is 0 Å². The van der Waals surface area contributed by atoms with Gasteiger partial charge in [0.1, 0.15) is 12.7 Å². The number of nitrogens with zero attached hydrogens (tertiary/aromatic N) is 2. The lowest BCUT2D eigenvalue weighted by atomic mass is 10.2. The molecule has 0 amide bonds. The van der Waals surface area contributed by atoms with Gasteiger partial charge in [-0.05, 0) is 6.92 Å². The van der Waals surface area contributed by atoms with Crippen LogP contribution in [-0.2, 0) is 9.47 Å². The first-order valence-corrected chi connectivity index (χ1v) is 6.08. The molecule has 1 aliphatic rings. The fourth-order valence-electron chi connectivity index (χ4n) is 1.77. The molecule has 104 valence electrons. The first-order chi connectivity index (χ1) is 9.19. The highest BCUT2D eigenvalue weighted by atomic mass is 16.5. The Hall–Kier alpha value is -1.73. The van der Waals surface area contributed by atoms with E-state index in [9.17, 15) is 4.79 Å². The van der Waals surface area contributed by atoms with Crippen molar-refractivity contribution < 1.29 is 19.0 Å². The summed E-state index contributed by atoms with van der Waals surface area (Å²) in [5.41, 5.74) is 0.121. The van der Waals surface area contributed by atoms with Crippen molar-refractivity contribution >= 4 is 5.97 Å². The van der Waals surface area contributed by atoms with Crippen molar-refractivity contribution in [2.24, 2.45) is 0 Å². The number of rotatable bonds is 4. The van der Waals surface area contributed by atoms with Crippen LogP contribution in [0.15, 0.2) is 12.4 Å². The summed E-state index contributed by atoms with van der Waals surface area (Å²) in [6, 6.07) is 0. The number of methoxy groups -OCH3 is 1. The molecule has 1 N–H and O–H groups in total. The average Bonchev–Trinajstić information content (AvgIpc) is 2.45. The molecule has 1 aliphatic heterocycles. The molecule has 2 rings (SSSR count). The Bertz CT molecular complexity index is 441. The summed E-state index contributed by atoms with van der Waals surface area (Å²) in [6.07, 6.45) is 2.91. The third kappa shape index (κ3) is 3.87. The summed E-state index contributed by atoms with van der Waals surface area (Å²) < 4.78 is 15.7. The van der Waals surface area contributed by atoms with E-state index in [0.29, 0.717) is 6.61 Å². The molecule has 0 radical (unpaired) electrons. The maximum absolute atomic E-state index is 11.3. The van der Waals surface area contributed by atoms with E-state index in [-0.39, 0.29) is 23.8 Å². The largest absolute Gasteiger partial charge is 0.474 e. The van der Waals surface area contributed by atoms with E-state index in [1.54, 1.807) is 0 Å². The highest BCUT2D eigenvalue weighted by Gasteiger charge is 2.19. The third-order valence-corrected chi connectivity index (χ3v) is 2.65. The molecule has 0 aromatic carbocycles. The zero-order valence-corrected chi connectivity index (χ0v) is 11.0. The maximum Gasteiger partial charge on any atom is 0.358 e. The van der Waals surface area contributed by atoms with Gasteiger partial charge in [-0.3, -0.25) is 4.98 Å². The lowest BCUT2D eigenvalue weighted by molar-refractivity contribution is -0.0477. The quantitative estimate of drug-likeness (QED) is 0.770. The zero-order valence-electron chi connectivity index (χ0n) is 11.0. The molecule has 0 spiro atoms. The van der Waals surface area contributed by atoms with Gasteiger partial charge >= 0.3 is 5.97 Å². The van der Waals surface area contributed by atoms with Gasteiger partial charge in [-0.2, -0.15) is 0 Å². The van der Waals surface area contributed by atoms with Crippen LogP contribution < -0.4 is 10.1 Å². The zero-order chi connectivity index (χ0) is 13.7. The fourth-order valence-corrected chi connectivity index (χ4v) is 1.77. The van der Waals surface area contributed by atoms with Crippen molar-refractivity contribution in [3.8, 4) is 5.88 Å². The van der Waals surface area contributed by atoms with Crippen molar-refractivity contribution in [3.05, 3.63) is 18.1 Å². The van der Waals surface area contributed by atoms with E-state index in [1.807, 2.05) is 6.92 Å². The summed E-state index contributed by atoms with van der Waals surface area (Å²) in [6.45, 7) is 3.93. The highest BCUT2D eigenvalue weighted by molar-refractivity contribution is 5.86. The number of carbonyl (C=O) groups excluding carboxylic acids is 1. The number of aromatic nitrogens is 2. The van der Waals surface area contributed by atoms with Crippen molar-refractivity contribution in [1.29, 1.82) is 0 Å². The third-order valence-electron chi connectivity index (χ3n) is 2.65. The average molecular weight is 267 g/mol. The minimum absolute atomic E-state index is 0.0349. The lowest BCUT2D eigenvalue weighted by Gasteiger charge is -2.28. The van der Waals surface area contributed by atoms with Crippen LogP contribution in [0.2, 0.25) is 0 Å². The first kappa shape index (κ1) is 13.7. The van der Waals surface area contributed by atoms with E-state index < -0.39 is 5.97 Å². The molecule has 2 unspecified atom stereocenters. The van der Waals surface area contributed by atoms with E-state index in [2.05, 4.69) is 20.0 Å². The second-order valence-electron chi connectivity index (χ2n) is 4.27. The summed E-state index contributed by atoms with van der Waals surface area (Å²) in [5.74, 6) is -0.258. The Labute approximate surface area is 111 Å². The number of carbonyl (C=O) groups is 1. The van der Waals surface area contributed by atoms with Crippen LogP contribution in [0.5, 0.6) is 5.88 Å². The Morgan fingerprint density at radius 2 is 2.37 bits per heavy atom. The monoisotopic (exact) mass is 267 g/mol. The molecule has 0 bridgehead atoms.